The van der Waals surface area contributed by atoms with Crippen LogP contribution >= 0.6 is 0 Å². The second-order valence-electron chi connectivity index (χ2n) is 3.69. The van der Waals surface area contributed by atoms with E-state index < -0.39 is 39.0 Å². The summed E-state index contributed by atoms with van der Waals surface area (Å²) in [6, 6.07) is 7.80. The van der Waals surface area contributed by atoms with Gasteiger partial charge in [-0.15, -0.1) is 0 Å². The molecule has 22 heavy (non-hydrogen) atoms. The maximum atomic E-state index is 9.93. The topological polar surface area (TPSA) is 55.3 Å². The summed E-state index contributed by atoms with van der Waals surface area (Å²) in [7, 11) is 0. The van der Waals surface area contributed by atoms with Crippen molar-refractivity contribution in [2.45, 2.75) is 0 Å². The molecule has 0 aliphatic heterocycles. The third kappa shape index (κ3) is 59.8. The van der Waals surface area contributed by atoms with Gasteiger partial charge < -0.3 is 11.5 Å². The molecule has 6 N–H and O–H groups in total. The van der Waals surface area contributed by atoms with Crippen LogP contribution in [0.2, 0.25) is 0 Å². The summed E-state index contributed by atoms with van der Waals surface area (Å²) >= 11 is -22.5. The van der Waals surface area contributed by atoms with Gasteiger partial charge in [-0.2, -0.15) is 0 Å². The first-order valence-electron chi connectivity index (χ1n) is 4.56. The average molecular weight is 582 g/mol. The summed E-state index contributed by atoms with van der Waals surface area (Å²) in [6.45, 7) is 0. The molecule has 0 radical (unpaired) electrons. The van der Waals surface area contributed by atoms with Crippen molar-refractivity contribution in [2.75, 3.05) is 0 Å². The van der Waals surface area contributed by atoms with Crippen molar-refractivity contribution in [1.82, 2.24) is 0 Å². The Bertz CT molecular complexity index is 441. The fourth-order valence-electron chi connectivity index (χ4n) is 0.557. The van der Waals surface area contributed by atoms with Gasteiger partial charge in [0, 0.05) is 12.1 Å². The van der Waals surface area contributed by atoms with Crippen LogP contribution in [-0.2, 0) is 0 Å². The Hall–Kier alpha value is -0.0636. The number of hydrogen-bond acceptors (Lipinski definition) is 0. The minimum Gasteiger partial charge on any atom is -0.320 e. The summed E-state index contributed by atoms with van der Waals surface area (Å²) in [6.07, 6.45) is 0. The fraction of sp³-hybridized carbons (Fsp3) is 0. The van der Waals surface area contributed by atoms with Gasteiger partial charge in [0.25, 0.3) is 0 Å². The maximum absolute atomic E-state index is 11.2. The van der Waals surface area contributed by atoms with Crippen LogP contribution in [0, 0.1) is 0 Å². The van der Waals surface area contributed by atoms with Crippen LogP contribution < -0.4 is 11.5 Å². The zero-order valence-electron chi connectivity index (χ0n) is 10.2. The van der Waals surface area contributed by atoms with Crippen LogP contribution in [0.5, 0.6) is 0 Å². The van der Waals surface area contributed by atoms with E-state index in [1.165, 1.54) is 0 Å². The van der Waals surface area contributed by atoms with Gasteiger partial charge in [-0.25, -0.2) is 0 Å². The first kappa shape index (κ1) is 24.2. The van der Waals surface area contributed by atoms with Crippen molar-refractivity contribution < 1.29 is 45.2 Å². The van der Waals surface area contributed by atoms with E-state index in [2.05, 4.69) is 11.5 Å². The van der Waals surface area contributed by atoms with Crippen LogP contribution in [-0.4, -0.2) is 39.0 Å². The number of hydrogen-bond donors (Lipinski definition) is 2. The average Bonchev–Trinajstić information content (AvgIpc) is 1.98. The summed E-state index contributed by atoms with van der Waals surface area (Å²) in [5.41, 5.74) is 9.53. The van der Waals surface area contributed by atoms with Crippen LogP contribution in [0.15, 0.2) is 24.3 Å². The van der Waals surface area contributed by atoms with Gasteiger partial charge in [0.05, 0.1) is 0 Å². The first-order chi connectivity index (χ1) is 8.70. The predicted octanol–water partition coefficient (Wildman–Crippen LogP) is 3.71. The molecule has 0 unspecified atom stereocenters. The molecule has 0 heterocycles. The monoisotopic (exact) mass is 580 g/mol. The van der Waals surface area contributed by atoms with E-state index >= 15 is 0 Å². The minimum atomic E-state index is -11.2. The molecule has 0 fully saturated rings. The summed E-state index contributed by atoms with van der Waals surface area (Å²) in [4.78, 5) is 0. The second-order valence-corrected chi connectivity index (χ2v) is 14.6. The summed E-state index contributed by atoms with van der Waals surface area (Å²) in [5, 5.41) is 0. The van der Waals surface area contributed by atoms with Crippen LogP contribution in [0.4, 0.5) is 45.1 Å². The molecular weight excluding hydrogens is 572 g/mol. The van der Waals surface area contributed by atoms with E-state index in [9.17, 15) is 33.8 Å². The molecular formula is C6H10F12N2Sb2. The van der Waals surface area contributed by atoms with Crippen molar-refractivity contribution in [3.8, 4) is 0 Å². The third-order valence-corrected chi connectivity index (χ3v) is 1.12. The van der Waals surface area contributed by atoms with Gasteiger partial charge in [-0.05, 0) is 0 Å². The molecule has 0 saturated heterocycles. The van der Waals surface area contributed by atoms with Gasteiger partial charge in [0.1, 0.15) is 0 Å². The van der Waals surface area contributed by atoms with Crippen molar-refractivity contribution in [3.05, 3.63) is 24.3 Å². The van der Waals surface area contributed by atoms with Gasteiger partial charge in [0.15, 0.2) is 11.4 Å². The number of quaternary nitrogens is 2. The Morgan fingerprint density at radius 1 is 0.500 bits per heavy atom. The molecule has 1 aromatic rings. The Labute approximate surface area is 119 Å². The Morgan fingerprint density at radius 2 is 0.636 bits per heavy atom. The third-order valence-electron chi connectivity index (χ3n) is 1.12. The molecule has 0 bridgehead atoms. The van der Waals surface area contributed by atoms with Gasteiger partial charge in [-0.3, -0.25) is 0 Å². The van der Waals surface area contributed by atoms with Crippen molar-refractivity contribution >= 4 is 50.3 Å². The number of benzene rings is 1. The quantitative estimate of drug-likeness (QED) is 0.347. The van der Waals surface area contributed by atoms with E-state index in [4.69, 9.17) is 0 Å². The molecule has 16 heteroatoms. The standard InChI is InChI=1S/C6H8N2.12FH.2Sb/c7-5-3-1-2-4-6(5)8;;;;;;;;;;;;;;/h1-4H,7-8H2;12*1H;;/q;;;;;;;;;;;;;2*+5/p-10. The molecule has 0 aliphatic carbocycles. The van der Waals surface area contributed by atoms with E-state index in [1.54, 1.807) is 0 Å². The molecule has 0 amide bonds. The van der Waals surface area contributed by atoms with Gasteiger partial charge in [0.2, 0.25) is 0 Å². The van der Waals surface area contributed by atoms with Crippen molar-refractivity contribution in [1.29, 1.82) is 0 Å². The molecule has 0 spiro atoms. The number of halogens is 12. The second kappa shape index (κ2) is 5.22. The van der Waals surface area contributed by atoms with Crippen LogP contribution in [0.3, 0.4) is 0 Å². The Balaban J connectivity index is 0. The molecule has 0 aliphatic rings. The zero-order chi connectivity index (χ0) is 18.8. The van der Waals surface area contributed by atoms with Gasteiger partial charge in [-0.1, -0.05) is 12.1 Å². The van der Waals surface area contributed by atoms with E-state index in [1.807, 2.05) is 24.3 Å². The molecule has 0 aromatic heterocycles. The maximum Gasteiger partial charge on any atom is 0.189 e. The SMILES string of the molecule is [F][Sb-]([F])([F])([F])([F])[F].[F][Sb-]([F])([F])([F])([F])[F].[NH3+]c1ccccc1[NH3+]. The van der Waals surface area contributed by atoms with E-state index in [0.717, 1.165) is 11.4 Å². The van der Waals surface area contributed by atoms with Crippen molar-refractivity contribution in [2.24, 2.45) is 0 Å². The summed E-state index contributed by atoms with van der Waals surface area (Å²) < 4.78 is 119. The Morgan fingerprint density at radius 3 is 0.727 bits per heavy atom. The predicted molar refractivity (Wildman–Crippen MR) is 56.3 cm³/mol. The van der Waals surface area contributed by atoms with E-state index in [-0.39, 0.29) is 0 Å². The van der Waals surface area contributed by atoms with Crippen LogP contribution in [0.1, 0.15) is 0 Å². The van der Waals surface area contributed by atoms with Crippen molar-refractivity contribution in [3.63, 3.8) is 0 Å². The molecule has 0 atom stereocenters. The Kier molecular flexibility index (Phi) is 5.74. The number of rotatable bonds is 0. The zero-order valence-corrected chi connectivity index (χ0v) is 15.3. The largest absolute Gasteiger partial charge is 0.320 e. The molecule has 1 aromatic carbocycles. The minimum absolute atomic E-state index is 1.01. The van der Waals surface area contributed by atoms with Crippen LogP contribution in [0.25, 0.3) is 0 Å². The first-order valence-corrected chi connectivity index (χ1v) is 16.1. The molecule has 138 valence electrons. The van der Waals surface area contributed by atoms with Gasteiger partial charge >= 0.3 is 72.7 Å². The molecule has 2 nitrogen and oxygen atoms in total. The summed E-state index contributed by atoms with van der Waals surface area (Å²) in [5.74, 6) is 0. The fourth-order valence-corrected chi connectivity index (χ4v) is 0.557. The normalized spacial score (nSPS) is 18.1. The molecule has 0 saturated carbocycles. The smallest absolute Gasteiger partial charge is 0.189 e. The molecule has 1 rings (SSSR count). The van der Waals surface area contributed by atoms with E-state index in [0.29, 0.717) is 0 Å².